The van der Waals surface area contributed by atoms with Gasteiger partial charge in [0.25, 0.3) is 0 Å². The van der Waals surface area contributed by atoms with Crippen LogP contribution in [-0.4, -0.2) is 25.4 Å². The number of ketones is 1. The molecular formula is C25H20N4O3. The second-order valence-corrected chi connectivity index (χ2v) is 7.92. The van der Waals surface area contributed by atoms with Gasteiger partial charge in [-0.2, -0.15) is 0 Å². The van der Waals surface area contributed by atoms with Crippen LogP contribution in [0.15, 0.2) is 78.3 Å². The number of hydrogen-bond donors (Lipinski definition) is 0. The monoisotopic (exact) mass is 424 g/mol. The lowest BCUT2D eigenvalue weighted by Gasteiger charge is -2.31. The summed E-state index contributed by atoms with van der Waals surface area (Å²) in [6.07, 6.45) is 3.66. The predicted octanol–water partition coefficient (Wildman–Crippen LogP) is 4.23. The molecule has 4 aromatic rings. The molecule has 2 aromatic carbocycles. The van der Waals surface area contributed by atoms with Gasteiger partial charge < -0.3 is 9.47 Å². The van der Waals surface area contributed by atoms with Gasteiger partial charge in [-0.05, 0) is 24.1 Å². The Morgan fingerprint density at radius 3 is 2.62 bits per heavy atom. The number of aromatic nitrogens is 4. The van der Waals surface area contributed by atoms with Crippen LogP contribution in [0.1, 0.15) is 42.1 Å². The first-order chi connectivity index (χ1) is 15.8. The zero-order valence-corrected chi connectivity index (χ0v) is 17.3. The van der Waals surface area contributed by atoms with Gasteiger partial charge in [0.15, 0.2) is 17.3 Å². The minimum Gasteiger partial charge on any atom is -0.486 e. The zero-order chi connectivity index (χ0) is 21.5. The Morgan fingerprint density at radius 2 is 1.81 bits per heavy atom. The molecule has 158 valence electrons. The lowest BCUT2D eigenvalue weighted by Crippen LogP contribution is -2.26. The van der Waals surface area contributed by atoms with Gasteiger partial charge in [0.1, 0.15) is 24.4 Å². The third-order valence-corrected chi connectivity index (χ3v) is 5.88. The number of ether oxygens (including phenoxy) is 2. The molecule has 0 radical (unpaired) electrons. The molecule has 2 aromatic heterocycles. The number of allylic oxidation sites excluding steroid dienone is 2. The molecule has 0 saturated carbocycles. The fraction of sp³-hybridized carbons (Fsp3) is 0.200. The highest BCUT2D eigenvalue weighted by molar-refractivity contribution is 6.00. The largest absolute Gasteiger partial charge is 0.486 e. The molecule has 2 aliphatic rings. The predicted molar refractivity (Wildman–Crippen MR) is 116 cm³/mol. The Labute approximate surface area is 184 Å². The lowest BCUT2D eigenvalue weighted by molar-refractivity contribution is -0.116. The molecule has 1 aliphatic carbocycles. The first-order valence-electron chi connectivity index (χ1n) is 10.7. The number of para-hydroxylation sites is 1. The summed E-state index contributed by atoms with van der Waals surface area (Å²) in [6.45, 7) is 0.226. The average Bonchev–Trinajstić information content (AvgIpc) is 3.26. The van der Waals surface area contributed by atoms with Crippen molar-refractivity contribution in [1.29, 1.82) is 0 Å². The molecule has 1 atom stereocenters. The summed E-state index contributed by atoms with van der Waals surface area (Å²) >= 11 is 0. The van der Waals surface area contributed by atoms with Crippen molar-refractivity contribution < 1.29 is 14.3 Å². The molecule has 6 rings (SSSR count). The number of Topliss-reactive ketones (excluding diaryl/α,β-unsaturated/α-hetero) is 1. The molecule has 0 N–H and O–H groups in total. The van der Waals surface area contributed by atoms with Gasteiger partial charge in [-0.25, -0.2) is 14.5 Å². The van der Waals surface area contributed by atoms with Gasteiger partial charge in [0.2, 0.25) is 5.88 Å². The Hall–Kier alpha value is -4.00. The first-order valence-corrected chi connectivity index (χ1v) is 10.7. The van der Waals surface area contributed by atoms with Crippen LogP contribution in [-0.2, 0) is 11.4 Å². The van der Waals surface area contributed by atoms with Gasteiger partial charge in [-0.15, -0.1) is 5.10 Å². The highest BCUT2D eigenvalue weighted by Crippen LogP contribution is 2.46. The van der Waals surface area contributed by atoms with Crippen LogP contribution in [0.25, 0.3) is 5.65 Å². The molecule has 1 unspecified atom stereocenters. The quantitative estimate of drug-likeness (QED) is 0.488. The van der Waals surface area contributed by atoms with E-state index in [-0.39, 0.29) is 18.3 Å². The van der Waals surface area contributed by atoms with Gasteiger partial charge in [0, 0.05) is 24.3 Å². The average molecular weight is 424 g/mol. The summed E-state index contributed by atoms with van der Waals surface area (Å²) < 4.78 is 13.6. The minimum atomic E-state index is -0.286. The van der Waals surface area contributed by atoms with E-state index in [9.17, 15) is 4.79 Å². The van der Waals surface area contributed by atoms with Crippen molar-refractivity contribution in [3.8, 4) is 11.6 Å². The van der Waals surface area contributed by atoms with E-state index in [0.717, 1.165) is 41.1 Å². The van der Waals surface area contributed by atoms with E-state index in [1.165, 1.54) is 0 Å². The highest BCUT2D eigenvalue weighted by Gasteiger charge is 2.39. The van der Waals surface area contributed by atoms with E-state index < -0.39 is 0 Å². The molecule has 3 heterocycles. The number of benzene rings is 2. The number of carbonyl (C=O) groups is 1. The van der Waals surface area contributed by atoms with E-state index in [1.54, 1.807) is 10.8 Å². The second-order valence-electron chi connectivity index (χ2n) is 7.92. The van der Waals surface area contributed by atoms with Crippen LogP contribution in [0.5, 0.6) is 11.6 Å². The maximum Gasteiger partial charge on any atom is 0.228 e. The molecule has 32 heavy (non-hydrogen) atoms. The van der Waals surface area contributed by atoms with E-state index in [2.05, 4.69) is 10.1 Å². The fourth-order valence-electron chi connectivity index (χ4n) is 4.47. The third kappa shape index (κ3) is 3.13. The smallest absolute Gasteiger partial charge is 0.228 e. The number of hydrogen-bond acceptors (Lipinski definition) is 6. The minimum absolute atomic E-state index is 0.125. The van der Waals surface area contributed by atoms with Crippen molar-refractivity contribution in [2.75, 3.05) is 0 Å². The standard InChI is InChI=1S/C25H20N4O3/c30-18-12-7-13-19-22(18)21(16-8-3-1-4-9-16)23-24-27-20(14-31-17-10-5-2-6-11-17)28-29(24)15-26-25(23)32-19/h1-6,8-11,15,21H,7,12-14H2. The third-order valence-electron chi connectivity index (χ3n) is 5.88. The number of fused-ring (bicyclic) bond motifs is 3. The van der Waals surface area contributed by atoms with Crippen LogP contribution in [0, 0.1) is 0 Å². The van der Waals surface area contributed by atoms with Crippen LogP contribution >= 0.6 is 0 Å². The van der Waals surface area contributed by atoms with Crippen molar-refractivity contribution in [1.82, 2.24) is 19.6 Å². The van der Waals surface area contributed by atoms with E-state index in [1.807, 2.05) is 60.7 Å². The van der Waals surface area contributed by atoms with Crippen LogP contribution in [0.2, 0.25) is 0 Å². The van der Waals surface area contributed by atoms with Crippen molar-refractivity contribution >= 4 is 11.4 Å². The number of nitrogens with zero attached hydrogens (tertiary/aromatic N) is 4. The summed E-state index contributed by atoms with van der Waals surface area (Å²) in [7, 11) is 0. The summed E-state index contributed by atoms with van der Waals surface area (Å²) in [5.41, 5.74) is 3.13. The van der Waals surface area contributed by atoms with E-state index >= 15 is 0 Å². The van der Waals surface area contributed by atoms with Gasteiger partial charge in [0.05, 0.1) is 5.56 Å². The second kappa shape index (κ2) is 7.60. The van der Waals surface area contributed by atoms with Gasteiger partial charge in [-0.1, -0.05) is 48.5 Å². The Morgan fingerprint density at radius 1 is 1.03 bits per heavy atom. The van der Waals surface area contributed by atoms with Gasteiger partial charge in [-0.3, -0.25) is 4.79 Å². The Kier molecular flexibility index (Phi) is 4.45. The molecule has 0 saturated heterocycles. The first kappa shape index (κ1) is 18.7. The number of carbonyl (C=O) groups excluding carboxylic acids is 1. The lowest BCUT2D eigenvalue weighted by atomic mass is 9.78. The SMILES string of the molecule is O=C1CCCC2=C1C(c1ccccc1)c1c(ncn3nc(COc4ccccc4)nc13)O2. The molecule has 0 amide bonds. The van der Waals surface area contributed by atoms with Crippen LogP contribution in [0.3, 0.4) is 0 Å². The summed E-state index contributed by atoms with van der Waals surface area (Å²) in [5.74, 6) is 2.34. The summed E-state index contributed by atoms with van der Waals surface area (Å²) in [4.78, 5) is 22.3. The molecule has 0 bridgehead atoms. The molecule has 1 aliphatic heterocycles. The maximum absolute atomic E-state index is 13.0. The van der Waals surface area contributed by atoms with Crippen molar-refractivity contribution in [3.05, 3.63) is 95.3 Å². The van der Waals surface area contributed by atoms with Crippen molar-refractivity contribution in [2.45, 2.75) is 31.8 Å². The topological polar surface area (TPSA) is 78.6 Å². The normalized spacial score (nSPS) is 17.6. The summed E-state index contributed by atoms with van der Waals surface area (Å²) in [6, 6.07) is 19.6. The molecule has 0 spiro atoms. The Bertz CT molecular complexity index is 1350. The fourth-order valence-corrected chi connectivity index (χ4v) is 4.47. The molecular weight excluding hydrogens is 404 g/mol. The van der Waals surface area contributed by atoms with Crippen molar-refractivity contribution in [2.24, 2.45) is 0 Å². The van der Waals surface area contributed by atoms with E-state index in [0.29, 0.717) is 23.8 Å². The van der Waals surface area contributed by atoms with Crippen molar-refractivity contribution in [3.63, 3.8) is 0 Å². The molecule has 0 fully saturated rings. The zero-order valence-electron chi connectivity index (χ0n) is 17.3. The summed E-state index contributed by atoms with van der Waals surface area (Å²) in [5, 5.41) is 4.55. The molecule has 7 heteroatoms. The number of rotatable bonds is 4. The Balaban J connectivity index is 1.47. The van der Waals surface area contributed by atoms with Crippen LogP contribution in [0.4, 0.5) is 0 Å². The van der Waals surface area contributed by atoms with Gasteiger partial charge >= 0.3 is 0 Å². The maximum atomic E-state index is 13.0. The highest BCUT2D eigenvalue weighted by atomic mass is 16.5. The molecule has 7 nitrogen and oxygen atoms in total. The van der Waals surface area contributed by atoms with E-state index in [4.69, 9.17) is 14.5 Å². The van der Waals surface area contributed by atoms with Crippen LogP contribution < -0.4 is 9.47 Å².